The van der Waals surface area contributed by atoms with Gasteiger partial charge in [0.2, 0.25) is 0 Å². The third kappa shape index (κ3) is 3.16. The zero-order valence-corrected chi connectivity index (χ0v) is 11.6. The summed E-state index contributed by atoms with van der Waals surface area (Å²) in [6.07, 6.45) is 1.92. The molecule has 4 nitrogen and oxygen atoms in total. The molecule has 1 aliphatic rings. The van der Waals surface area contributed by atoms with Crippen molar-refractivity contribution in [3.63, 3.8) is 0 Å². The second-order valence-corrected chi connectivity index (χ2v) is 7.23. The van der Waals surface area contributed by atoms with Crippen LogP contribution in [0.3, 0.4) is 0 Å². The van der Waals surface area contributed by atoms with Crippen molar-refractivity contribution in [2.45, 2.75) is 12.5 Å². The lowest BCUT2D eigenvalue weighted by Crippen LogP contribution is -2.07. The average molecular weight is 308 g/mol. The second-order valence-electron chi connectivity index (χ2n) is 4.16. The molecular formula is C11H11Cl2NO3S. The van der Waals surface area contributed by atoms with Gasteiger partial charge in [0.05, 0.1) is 22.6 Å². The summed E-state index contributed by atoms with van der Waals surface area (Å²) in [5.41, 5.74) is 0.386. The minimum Gasteiger partial charge on any atom is -0.506 e. The monoisotopic (exact) mass is 307 g/mol. The molecule has 0 aromatic heterocycles. The number of benzene rings is 1. The molecule has 0 bridgehead atoms. The minimum atomic E-state index is -2.95. The van der Waals surface area contributed by atoms with E-state index in [1.165, 1.54) is 18.3 Å². The summed E-state index contributed by atoms with van der Waals surface area (Å²) in [5, 5.41) is 10.2. The molecule has 0 amide bonds. The Morgan fingerprint density at radius 2 is 2.11 bits per heavy atom. The first-order valence-corrected chi connectivity index (χ1v) is 7.87. The molecular weight excluding hydrogens is 297 g/mol. The Labute approximate surface area is 115 Å². The van der Waals surface area contributed by atoms with Gasteiger partial charge in [-0.1, -0.05) is 23.2 Å². The highest BCUT2D eigenvalue weighted by atomic mass is 35.5. The summed E-state index contributed by atoms with van der Waals surface area (Å²) < 4.78 is 22.5. The molecule has 1 saturated heterocycles. The Hall–Kier alpha value is -0.780. The van der Waals surface area contributed by atoms with Gasteiger partial charge in [-0.15, -0.1) is 0 Å². The maximum atomic E-state index is 11.3. The molecule has 0 aliphatic carbocycles. The summed E-state index contributed by atoms with van der Waals surface area (Å²) in [5.74, 6) is 0.112. The van der Waals surface area contributed by atoms with E-state index in [0.717, 1.165) is 0 Å². The average Bonchev–Trinajstić information content (AvgIpc) is 2.61. The highest BCUT2D eigenvalue weighted by Gasteiger charge is 2.26. The van der Waals surface area contributed by atoms with E-state index in [0.29, 0.717) is 17.0 Å². The van der Waals surface area contributed by atoms with Crippen LogP contribution in [0.4, 0.5) is 0 Å². The van der Waals surface area contributed by atoms with Gasteiger partial charge >= 0.3 is 0 Å². The van der Waals surface area contributed by atoms with Crippen LogP contribution in [0.5, 0.6) is 5.75 Å². The van der Waals surface area contributed by atoms with Crippen LogP contribution in [0.15, 0.2) is 17.1 Å². The number of phenols is 1. The maximum absolute atomic E-state index is 11.3. The van der Waals surface area contributed by atoms with Crippen molar-refractivity contribution in [1.29, 1.82) is 0 Å². The van der Waals surface area contributed by atoms with Crippen LogP contribution in [0.1, 0.15) is 12.0 Å². The molecule has 1 heterocycles. The van der Waals surface area contributed by atoms with Crippen molar-refractivity contribution in [3.05, 3.63) is 27.7 Å². The van der Waals surface area contributed by atoms with Crippen molar-refractivity contribution >= 4 is 39.3 Å². The summed E-state index contributed by atoms with van der Waals surface area (Å²) in [6, 6.07) is 2.69. The largest absolute Gasteiger partial charge is 0.506 e. The molecule has 7 heteroatoms. The zero-order valence-electron chi connectivity index (χ0n) is 9.31. The van der Waals surface area contributed by atoms with Gasteiger partial charge in [0.25, 0.3) is 0 Å². The second kappa shape index (κ2) is 5.07. The van der Waals surface area contributed by atoms with Gasteiger partial charge in [-0.2, -0.15) is 0 Å². The van der Waals surface area contributed by atoms with Gasteiger partial charge in [-0.25, -0.2) is 8.42 Å². The lowest BCUT2D eigenvalue weighted by atomic mass is 10.2. The van der Waals surface area contributed by atoms with Gasteiger partial charge in [0.1, 0.15) is 5.75 Å². The van der Waals surface area contributed by atoms with E-state index in [9.17, 15) is 13.5 Å². The Bertz CT molecular complexity index is 599. The van der Waals surface area contributed by atoms with Crippen LogP contribution in [0.25, 0.3) is 0 Å². The molecule has 1 aromatic rings. The van der Waals surface area contributed by atoms with Gasteiger partial charge in [0, 0.05) is 16.8 Å². The summed E-state index contributed by atoms with van der Waals surface area (Å²) >= 11 is 11.6. The van der Waals surface area contributed by atoms with E-state index in [1.807, 2.05) is 0 Å². The van der Waals surface area contributed by atoms with Gasteiger partial charge in [-0.05, 0) is 18.6 Å². The van der Waals surface area contributed by atoms with Gasteiger partial charge < -0.3 is 5.11 Å². The van der Waals surface area contributed by atoms with E-state index >= 15 is 0 Å². The summed E-state index contributed by atoms with van der Waals surface area (Å²) in [4.78, 5) is 4.15. The van der Waals surface area contributed by atoms with Crippen LogP contribution in [0, 0.1) is 0 Å². The molecule has 98 valence electrons. The highest BCUT2D eigenvalue weighted by molar-refractivity contribution is 7.91. The normalized spacial score (nSPS) is 22.7. The molecule has 18 heavy (non-hydrogen) atoms. The standard InChI is InChI=1S/C11H11Cl2NO3S/c12-8-3-7(11(15)10(13)4-8)5-14-9-1-2-18(16,17)6-9/h3-5,9,15H,1-2,6H2/t9-/m0/s1. The number of aliphatic imine (C=N–C) groups is 1. The number of halogens is 2. The predicted octanol–water partition coefficient (Wildman–Crippen LogP) is 2.31. The molecule has 0 unspecified atom stereocenters. The van der Waals surface area contributed by atoms with Crippen LogP contribution in [-0.4, -0.2) is 37.3 Å². The van der Waals surface area contributed by atoms with Crippen LogP contribution < -0.4 is 0 Å². The van der Waals surface area contributed by atoms with Crippen LogP contribution in [-0.2, 0) is 9.84 Å². The lowest BCUT2D eigenvalue weighted by Gasteiger charge is -2.04. The van der Waals surface area contributed by atoms with E-state index < -0.39 is 9.84 Å². The Morgan fingerprint density at radius 3 is 2.72 bits per heavy atom. The molecule has 1 N–H and O–H groups in total. The van der Waals surface area contributed by atoms with Gasteiger partial charge in [-0.3, -0.25) is 4.99 Å². The fraction of sp³-hybridized carbons (Fsp3) is 0.364. The number of sulfone groups is 1. The van der Waals surface area contributed by atoms with Crippen molar-refractivity contribution in [3.8, 4) is 5.75 Å². The molecule has 0 saturated carbocycles. The van der Waals surface area contributed by atoms with Crippen molar-refractivity contribution in [1.82, 2.24) is 0 Å². The SMILES string of the molecule is O=S1(=O)CC[C@H](N=Cc2cc(Cl)cc(Cl)c2O)C1. The highest BCUT2D eigenvalue weighted by Crippen LogP contribution is 2.30. The maximum Gasteiger partial charge on any atom is 0.152 e. The quantitative estimate of drug-likeness (QED) is 0.853. The third-order valence-corrected chi connectivity index (χ3v) is 4.95. The Balaban J connectivity index is 2.20. The first kappa shape index (κ1) is 13.6. The van der Waals surface area contributed by atoms with Crippen molar-refractivity contribution < 1.29 is 13.5 Å². The smallest absolute Gasteiger partial charge is 0.152 e. The fourth-order valence-electron chi connectivity index (χ4n) is 1.76. The van der Waals surface area contributed by atoms with Crippen LogP contribution >= 0.6 is 23.2 Å². The topological polar surface area (TPSA) is 66.7 Å². The molecule has 0 spiro atoms. The van der Waals surface area contributed by atoms with Crippen LogP contribution in [0.2, 0.25) is 10.0 Å². The van der Waals surface area contributed by atoms with Crippen molar-refractivity contribution in [2.75, 3.05) is 11.5 Å². The molecule has 2 rings (SSSR count). The first-order chi connectivity index (χ1) is 8.37. The number of hydrogen-bond donors (Lipinski definition) is 1. The third-order valence-electron chi connectivity index (χ3n) is 2.69. The Morgan fingerprint density at radius 1 is 1.39 bits per heavy atom. The lowest BCUT2D eigenvalue weighted by molar-refractivity contribution is 0.474. The number of hydrogen-bond acceptors (Lipinski definition) is 4. The van der Waals surface area contributed by atoms with E-state index in [1.54, 1.807) is 0 Å². The zero-order chi connectivity index (χ0) is 13.3. The summed E-state index contributed by atoms with van der Waals surface area (Å²) in [7, 11) is -2.95. The van der Waals surface area contributed by atoms with Gasteiger partial charge in [0.15, 0.2) is 9.84 Å². The number of nitrogens with zero attached hydrogens (tertiary/aromatic N) is 1. The number of phenolic OH excluding ortho intramolecular Hbond substituents is 1. The minimum absolute atomic E-state index is 0.0541. The van der Waals surface area contributed by atoms with Crippen molar-refractivity contribution in [2.24, 2.45) is 4.99 Å². The predicted molar refractivity (Wildman–Crippen MR) is 72.8 cm³/mol. The molecule has 0 radical (unpaired) electrons. The Kier molecular flexibility index (Phi) is 3.84. The molecule has 1 fully saturated rings. The van der Waals surface area contributed by atoms with E-state index in [-0.39, 0.29) is 28.3 Å². The summed E-state index contributed by atoms with van der Waals surface area (Å²) in [6.45, 7) is 0. The molecule has 1 aromatic carbocycles. The molecule has 1 aliphatic heterocycles. The fourth-order valence-corrected chi connectivity index (χ4v) is 3.91. The van der Waals surface area contributed by atoms with E-state index in [2.05, 4.69) is 4.99 Å². The molecule has 1 atom stereocenters. The number of rotatable bonds is 2. The first-order valence-electron chi connectivity index (χ1n) is 5.29. The number of aromatic hydroxyl groups is 1. The van der Waals surface area contributed by atoms with E-state index in [4.69, 9.17) is 23.2 Å².